The fraction of sp³-hybridized carbons (Fsp3) is 0.0625. The molecule has 0 aliphatic rings. The van der Waals surface area contributed by atoms with E-state index in [1.165, 1.54) is 18.6 Å². The number of thioether (sulfide) groups is 1. The van der Waals surface area contributed by atoms with Gasteiger partial charge in [0.15, 0.2) is 0 Å². The summed E-state index contributed by atoms with van der Waals surface area (Å²) in [5.41, 5.74) is 2.17. The van der Waals surface area contributed by atoms with E-state index in [9.17, 15) is 4.79 Å². The Hall–Kier alpha value is -0.401. The number of rotatable bonds is 3. The zero-order valence-electron chi connectivity index (χ0n) is 11.8. The van der Waals surface area contributed by atoms with Crippen molar-refractivity contribution < 1.29 is 4.79 Å². The van der Waals surface area contributed by atoms with Crippen LogP contribution in [0.1, 0.15) is 0 Å². The predicted octanol–water partition coefficient (Wildman–Crippen LogP) is 3.35. The summed E-state index contributed by atoms with van der Waals surface area (Å²) in [5, 5.41) is 0.133. The zero-order valence-corrected chi connectivity index (χ0v) is 18.1. The number of aromatic nitrogens is 2. The van der Waals surface area contributed by atoms with Crippen molar-refractivity contribution in [3.8, 4) is 0 Å². The molecule has 0 bridgehead atoms. The molecule has 0 atom stereocenters. The molecule has 0 aliphatic heterocycles. The zero-order chi connectivity index (χ0) is 15.8. The molecule has 3 nitrogen and oxygen atoms in total. The third-order valence-electron chi connectivity index (χ3n) is 3.34. The Bertz CT molecular complexity index is 1050. The second kappa shape index (κ2) is 6.84. The van der Waals surface area contributed by atoms with E-state index < -0.39 is 40.9 Å². The van der Waals surface area contributed by atoms with Crippen LogP contribution in [0.2, 0.25) is 0 Å². The topological polar surface area (TPSA) is 34.9 Å². The molecule has 0 saturated heterocycles. The van der Waals surface area contributed by atoms with Crippen LogP contribution in [0.25, 0.3) is 17.8 Å². The van der Waals surface area contributed by atoms with Gasteiger partial charge in [-0.15, -0.1) is 0 Å². The Morgan fingerprint density at radius 1 is 1.09 bits per heavy atom. The van der Waals surface area contributed by atoms with Crippen LogP contribution >= 0.6 is 24.0 Å². The third kappa shape index (κ3) is 3.37. The van der Waals surface area contributed by atoms with Gasteiger partial charge >= 0.3 is 163 Å². The molecule has 0 spiro atoms. The molecule has 0 N–H and O–H groups in total. The maximum atomic E-state index is 12.5. The SMILES string of the molecule is O=C(Cn1c(=S)[te]c2ccccc21)Sc1nc2ccccc2[te]1. The summed E-state index contributed by atoms with van der Waals surface area (Å²) < 4.78 is 6.64. The molecule has 4 aromatic rings. The molecular formula is C16H10N2OS2Te2. The molecule has 2 heterocycles. The fourth-order valence-corrected chi connectivity index (χ4v) is 9.94. The van der Waals surface area contributed by atoms with Crippen LogP contribution in [-0.4, -0.2) is 55.5 Å². The maximum absolute atomic E-state index is 12.5. The van der Waals surface area contributed by atoms with Gasteiger partial charge in [0.2, 0.25) is 0 Å². The number of fused-ring (bicyclic) bond motifs is 2. The van der Waals surface area contributed by atoms with Crippen LogP contribution in [0.15, 0.2) is 51.6 Å². The van der Waals surface area contributed by atoms with Gasteiger partial charge in [-0.3, -0.25) is 0 Å². The molecule has 23 heavy (non-hydrogen) atoms. The molecule has 2 aromatic heterocycles. The molecule has 0 radical (unpaired) electrons. The van der Waals surface area contributed by atoms with Crippen molar-refractivity contribution in [2.24, 2.45) is 0 Å². The van der Waals surface area contributed by atoms with E-state index in [1.807, 2.05) is 34.9 Å². The van der Waals surface area contributed by atoms with E-state index in [-0.39, 0.29) is 5.12 Å². The van der Waals surface area contributed by atoms with Gasteiger partial charge in [-0.1, -0.05) is 0 Å². The van der Waals surface area contributed by atoms with Crippen LogP contribution in [0.3, 0.4) is 0 Å². The Labute approximate surface area is 161 Å². The van der Waals surface area contributed by atoms with Crippen molar-refractivity contribution in [3.63, 3.8) is 0 Å². The molecule has 0 unspecified atom stereocenters. The summed E-state index contributed by atoms with van der Waals surface area (Å²) in [6, 6.07) is 16.4. The van der Waals surface area contributed by atoms with Gasteiger partial charge in [0.25, 0.3) is 0 Å². The van der Waals surface area contributed by atoms with Crippen LogP contribution in [0, 0.1) is 2.66 Å². The minimum absolute atomic E-state index is 0.133. The Morgan fingerprint density at radius 2 is 1.83 bits per heavy atom. The normalized spacial score (nSPS) is 11.3. The van der Waals surface area contributed by atoms with Crippen molar-refractivity contribution in [2.75, 3.05) is 0 Å². The number of carbonyl (C=O) groups excluding carboxylic acids is 1. The van der Waals surface area contributed by atoms with Gasteiger partial charge in [0.1, 0.15) is 0 Å². The van der Waals surface area contributed by atoms with E-state index in [0.717, 1.165) is 16.7 Å². The summed E-state index contributed by atoms with van der Waals surface area (Å²) in [4.78, 5) is 17.1. The third-order valence-corrected chi connectivity index (χ3v) is 11.1. The standard InChI is InChI=1S/C16H10N2OS2Te2/c19-14(21-15-17-10-5-1-3-7-12(10)22-15)9-18-11-6-2-4-8-13(11)23-16(18)20/h1-8H,9H2. The van der Waals surface area contributed by atoms with Crippen LogP contribution in [0.4, 0.5) is 0 Å². The summed E-state index contributed by atoms with van der Waals surface area (Å²) in [6.07, 6.45) is 0. The van der Waals surface area contributed by atoms with Crippen molar-refractivity contribution in [3.05, 3.63) is 51.2 Å². The van der Waals surface area contributed by atoms with E-state index in [1.54, 1.807) is 0 Å². The average molecular weight is 566 g/mol. The monoisotopic (exact) mass is 570 g/mol. The molecule has 0 fully saturated rings. The van der Waals surface area contributed by atoms with Crippen LogP contribution in [0.5, 0.6) is 0 Å². The van der Waals surface area contributed by atoms with E-state index in [2.05, 4.69) is 23.2 Å². The molecule has 114 valence electrons. The average Bonchev–Trinajstić information content (AvgIpc) is 3.08. The summed E-state index contributed by atoms with van der Waals surface area (Å²) in [5.74, 6) is 0. The molecule has 0 aliphatic carbocycles. The van der Waals surface area contributed by atoms with Gasteiger partial charge in [-0.05, 0) is 0 Å². The summed E-state index contributed by atoms with van der Waals surface area (Å²) in [6.45, 7) is 0.355. The van der Waals surface area contributed by atoms with E-state index >= 15 is 0 Å². The van der Waals surface area contributed by atoms with Crippen LogP contribution < -0.4 is 0 Å². The molecule has 4 rings (SSSR count). The van der Waals surface area contributed by atoms with Crippen molar-refractivity contribution in [1.82, 2.24) is 9.55 Å². The molecule has 7 heteroatoms. The van der Waals surface area contributed by atoms with Gasteiger partial charge in [0.05, 0.1) is 0 Å². The molecule has 0 amide bonds. The minimum atomic E-state index is -0.505. The Balaban J connectivity index is 1.59. The predicted molar refractivity (Wildman–Crippen MR) is 99.3 cm³/mol. The molecular weight excluding hydrogens is 556 g/mol. The first kappa shape index (κ1) is 16.1. The van der Waals surface area contributed by atoms with Gasteiger partial charge < -0.3 is 0 Å². The second-order valence-corrected chi connectivity index (χ2v) is 13.8. The van der Waals surface area contributed by atoms with Crippen molar-refractivity contribution in [2.45, 2.75) is 9.59 Å². The van der Waals surface area contributed by atoms with Gasteiger partial charge in [-0.2, -0.15) is 0 Å². The number of nitrogens with zero attached hydrogens (tertiary/aromatic N) is 2. The quantitative estimate of drug-likeness (QED) is 0.217. The molecule has 0 saturated carbocycles. The first-order valence-electron chi connectivity index (χ1n) is 6.85. The van der Waals surface area contributed by atoms with Crippen LogP contribution in [-0.2, 0) is 11.3 Å². The number of hydrogen-bond donors (Lipinski definition) is 0. The number of hydrogen-bond acceptors (Lipinski definition) is 4. The summed E-state index contributed by atoms with van der Waals surface area (Å²) >= 11 is 5.82. The van der Waals surface area contributed by atoms with Gasteiger partial charge in [0, 0.05) is 0 Å². The fourth-order valence-electron chi connectivity index (χ4n) is 2.32. The Morgan fingerprint density at radius 3 is 2.65 bits per heavy atom. The first-order valence-corrected chi connectivity index (χ1v) is 12.7. The summed E-state index contributed by atoms with van der Waals surface area (Å²) in [7, 11) is 0. The molecule has 2 aromatic carbocycles. The second-order valence-electron chi connectivity index (χ2n) is 4.84. The number of carbonyl (C=O) groups is 1. The number of benzene rings is 2. The first-order chi connectivity index (χ1) is 11.2. The number of para-hydroxylation sites is 2. The van der Waals surface area contributed by atoms with E-state index in [4.69, 9.17) is 12.2 Å². The van der Waals surface area contributed by atoms with E-state index in [0.29, 0.717) is 6.54 Å². The van der Waals surface area contributed by atoms with Crippen molar-refractivity contribution >= 4 is 87.8 Å². The van der Waals surface area contributed by atoms with Crippen molar-refractivity contribution in [1.29, 1.82) is 0 Å². The van der Waals surface area contributed by atoms with Gasteiger partial charge in [-0.25, -0.2) is 0 Å². The Kier molecular flexibility index (Phi) is 4.79.